The molecule has 0 aromatic heterocycles. The van der Waals surface area contributed by atoms with Crippen molar-refractivity contribution in [2.45, 2.75) is 0 Å². The summed E-state index contributed by atoms with van der Waals surface area (Å²) in [5, 5.41) is 5.65. The molecule has 0 atom stereocenters. The van der Waals surface area contributed by atoms with Gasteiger partial charge in [0.15, 0.2) is 0 Å². The first-order chi connectivity index (χ1) is 14.5. The first kappa shape index (κ1) is 20.7. The van der Waals surface area contributed by atoms with Crippen LogP contribution < -0.4 is 20.1 Å². The third-order valence-corrected chi connectivity index (χ3v) is 4.47. The van der Waals surface area contributed by atoms with Crippen LogP contribution in [0.2, 0.25) is 0 Å². The number of rotatable bonds is 7. The Kier molecular flexibility index (Phi) is 6.49. The fourth-order valence-corrected chi connectivity index (χ4v) is 2.83. The summed E-state index contributed by atoms with van der Waals surface area (Å²) >= 11 is 0. The summed E-state index contributed by atoms with van der Waals surface area (Å²) in [7, 11) is 3.16. The molecule has 2 amide bonds. The van der Waals surface area contributed by atoms with E-state index in [1.807, 2.05) is 0 Å². The molecule has 30 heavy (non-hydrogen) atoms. The van der Waals surface area contributed by atoms with E-state index in [-0.39, 0.29) is 11.8 Å². The van der Waals surface area contributed by atoms with Gasteiger partial charge in [-0.25, -0.2) is 0 Å². The number of methoxy groups -OCH3 is 2. The summed E-state index contributed by atoms with van der Waals surface area (Å²) in [6, 6.07) is 18.9. The quantitative estimate of drug-likeness (QED) is 0.592. The first-order valence-corrected chi connectivity index (χ1v) is 9.21. The first-order valence-electron chi connectivity index (χ1n) is 9.21. The van der Waals surface area contributed by atoms with Crippen LogP contribution in [-0.2, 0) is 0 Å². The van der Waals surface area contributed by atoms with Crippen molar-refractivity contribution in [2.75, 3.05) is 24.9 Å². The Morgan fingerprint density at radius 3 is 1.73 bits per heavy atom. The van der Waals surface area contributed by atoms with Crippen molar-refractivity contribution in [3.8, 4) is 11.5 Å². The summed E-state index contributed by atoms with van der Waals surface area (Å²) < 4.78 is 10.2. The normalized spacial score (nSPS) is 10.1. The van der Waals surface area contributed by atoms with E-state index in [0.29, 0.717) is 39.6 Å². The van der Waals surface area contributed by atoms with Crippen LogP contribution in [0.4, 0.5) is 11.4 Å². The summed E-state index contributed by atoms with van der Waals surface area (Å²) in [5.74, 6) is 0.823. The van der Waals surface area contributed by atoms with E-state index in [4.69, 9.17) is 9.47 Å². The molecule has 0 bridgehead atoms. The van der Waals surface area contributed by atoms with Gasteiger partial charge in [0.05, 0.1) is 14.2 Å². The lowest BCUT2D eigenvalue weighted by atomic mass is 10.0. The summed E-state index contributed by atoms with van der Waals surface area (Å²) in [5.41, 5.74) is 2.67. The Balaban J connectivity index is 1.74. The van der Waals surface area contributed by atoms with Crippen molar-refractivity contribution < 1.29 is 19.1 Å². The predicted octanol–water partition coefficient (Wildman–Crippen LogP) is 4.85. The van der Waals surface area contributed by atoms with Gasteiger partial charge in [-0.05, 0) is 72.3 Å². The maximum absolute atomic E-state index is 12.7. The zero-order chi connectivity index (χ0) is 21.5. The van der Waals surface area contributed by atoms with Gasteiger partial charge in [-0.15, -0.1) is 0 Å². The molecular weight excluding hydrogens is 380 g/mol. The number of hydrogen-bond donors (Lipinski definition) is 2. The third kappa shape index (κ3) is 4.86. The molecule has 0 saturated carbocycles. The number of carbonyl (C=O) groups is 2. The molecule has 3 rings (SSSR count). The molecule has 0 heterocycles. The molecule has 0 saturated heterocycles. The minimum atomic E-state index is -0.294. The second kappa shape index (κ2) is 9.43. The van der Waals surface area contributed by atoms with Crippen LogP contribution in [-0.4, -0.2) is 26.0 Å². The highest BCUT2D eigenvalue weighted by Crippen LogP contribution is 2.20. The van der Waals surface area contributed by atoms with Crippen molar-refractivity contribution in [1.82, 2.24) is 0 Å². The van der Waals surface area contributed by atoms with E-state index >= 15 is 0 Å². The average molecular weight is 402 g/mol. The molecule has 0 spiro atoms. The fraction of sp³-hybridized carbons (Fsp3) is 0.0833. The second-order valence-corrected chi connectivity index (χ2v) is 6.37. The van der Waals surface area contributed by atoms with E-state index in [1.165, 1.54) is 0 Å². The van der Waals surface area contributed by atoms with Crippen LogP contribution >= 0.6 is 0 Å². The molecule has 0 aliphatic rings. The Labute approximate surface area is 175 Å². The van der Waals surface area contributed by atoms with Gasteiger partial charge in [0.1, 0.15) is 11.5 Å². The molecule has 3 aromatic rings. The van der Waals surface area contributed by atoms with E-state index in [0.717, 1.165) is 0 Å². The third-order valence-electron chi connectivity index (χ3n) is 4.47. The van der Waals surface area contributed by atoms with Gasteiger partial charge in [0.25, 0.3) is 11.8 Å². The Morgan fingerprint density at radius 2 is 1.27 bits per heavy atom. The predicted molar refractivity (Wildman–Crippen MR) is 118 cm³/mol. The standard InChI is InChI=1S/C24H22N2O4/c1-4-16-15-17(23(27)25-18-6-10-20(29-2)11-7-18)5-14-22(16)24(28)26-19-8-12-21(30-3)13-9-19/h4-15H,1H2,2-3H3,(H,25,27)(H,26,28). The monoisotopic (exact) mass is 402 g/mol. The summed E-state index contributed by atoms with van der Waals surface area (Å²) in [6.07, 6.45) is 1.55. The number of nitrogens with one attached hydrogen (secondary N) is 2. The smallest absolute Gasteiger partial charge is 0.256 e. The van der Waals surface area contributed by atoms with Crippen LogP contribution in [0.1, 0.15) is 26.3 Å². The fourth-order valence-electron chi connectivity index (χ4n) is 2.83. The highest BCUT2D eigenvalue weighted by Gasteiger charge is 2.14. The maximum atomic E-state index is 12.7. The maximum Gasteiger partial charge on any atom is 0.256 e. The van der Waals surface area contributed by atoms with Crippen molar-refractivity contribution in [1.29, 1.82) is 0 Å². The molecule has 3 aromatic carbocycles. The van der Waals surface area contributed by atoms with Crippen molar-refractivity contribution in [3.05, 3.63) is 90.0 Å². The van der Waals surface area contributed by atoms with Gasteiger partial charge in [-0.1, -0.05) is 12.7 Å². The number of anilines is 2. The highest BCUT2D eigenvalue weighted by molar-refractivity contribution is 6.09. The Hall–Kier alpha value is -4.06. The number of amides is 2. The Bertz CT molecular complexity index is 1060. The number of ether oxygens (including phenoxy) is 2. The van der Waals surface area contributed by atoms with Crippen LogP contribution in [0.15, 0.2) is 73.3 Å². The molecule has 0 radical (unpaired) electrons. The Morgan fingerprint density at radius 1 is 0.767 bits per heavy atom. The van der Waals surface area contributed by atoms with E-state index in [2.05, 4.69) is 17.2 Å². The van der Waals surface area contributed by atoms with Crippen LogP contribution in [0, 0.1) is 0 Å². The second-order valence-electron chi connectivity index (χ2n) is 6.37. The zero-order valence-electron chi connectivity index (χ0n) is 16.8. The minimum Gasteiger partial charge on any atom is -0.497 e. The van der Waals surface area contributed by atoms with E-state index in [9.17, 15) is 9.59 Å². The minimum absolute atomic E-state index is 0.287. The van der Waals surface area contributed by atoms with Crippen LogP contribution in [0.3, 0.4) is 0 Å². The summed E-state index contributed by atoms with van der Waals surface area (Å²) in [6.45, 7) is 3.77. The molecule has 0 fully saturated rings. The van der Waals surface area contributed by atoms with Crippen molar-refractivity contribution in [3.63, 3.8) is 0 Å². The molecular formula is C24H22N2O4. The number of benzene rings is 3. The SMILES string of the molecule is C=Cc1cc(C(=O)Nc2ccc(OC)cc2)ccc1C(=O)Nc1ccc(OC)cc1. The van der Waals surface area contributed by atoms with E-state index in [1.54, 1.807) is 87.0 Å². The lowest BCUT2D eigenvalue weighted by molar-refractivity contribution is 0.101. The number of hydrogen-bond acceptors (Lipinski definition) is 4. The number of carbonyl (C=O) groups excluding carboxylic acids is 2. The molecule has 152 valence electrons. The molecule has 6 heteroatoms. The van der Waals surface area contributed by atoms with Crippen molar-refractivity contribution >= 4 is 29.3 Å². The zero-order valence-corrected chi connectivity index (χ0v) is 16.8. The summed E-state index contributed by atoms with van der Waals surface area (Å²) in [4.78, 5) is 25.3. The molecule has 0 aliphatic heterocycles. The molecule has 2 N–H and O–H groups in total. The lowest BCUT2D eigenvalue weighted by Crippen LogP contribution is -2.16. The van der Waals surface area contributed by atoms with Gasteiger partial charge in [0, 0.05) is 22.5 Å². The topological polar surface area (TPSA) is 76.7 Å². The largest absolute Gasteiger partial charge is 0.497 e. The van der Waals surface area contributed by atoms with Crippen molar-refractivity contribution in [2.24, 2.45) is 0 Å². The van der Waals surface area contributed by atoms with Gasteiger partial charge in [0.2, 0.25) is 0 Å². The van der Waals surface area contributed by atoms with Crippen LogP contribution in [0.5, 0.6) is 11.5 Å². The average Bonchev–Trinajstić information content (AvgIpc) is 2.79. The lowest BCUT2D eigenvalue weighted by Gasteiger charge is -2.11. The van der Waals surface area contributed by atoms with Gasteiger partial charge in [-0.2, -0.15) is 0 Å². The van der Waals surface area contributed by atoms with Gasteiger partial charge >= 0.3 is 0 Å². The molecule has 6 nitrogen and oxygen atoms in total. The van der Waals surface area contributed by atoms with Crippen LogP contribution in [0.25, 0.3) is 6.08 Å². The van der Waals surface area contributed by atoms with Gasteiger partial charge < -0.3 is 20.1 Å². The highest BCUT2D eigenvalue weighted by atomic mass is 16.5. The van der Waals surface area contributed by atoms with Gasteiger partial charge in [-0.3, -0.25) is 9.59 Å². The molecule has 0 unspecified atom stereocenters. The van der Waals surface area contributed by atoms with E-state index < -0.39 is 0 Å². The molecule has 0 aliphatic carbocycles.